The summed E-state index contributed by atoms with van der Waals surface area (Å²) in [6.07, 6.45) is 0. The van der Waals surface area contributed by atoms with Crippen LogP contribution in [0, 0.1) is 0 Å². The molecule has 272 valence electrons. The van der Waals surface area contributed by atoms with Crippen molar-refractivity contribution >= 4 is 55.3 Å². The lowest BCUT2D eigenvalue weighted by Crippen LogP contribution is -2.11. The second-order valence-electron chi connectivity index (χ2n) is 14.3. The number of fused-ring (bicyclic) bond motifs is 4. The molecule has 2 N–H and O–H groups in total. The number of benzene rings is 9. The molecule has 0 aliphatic carbocycles. The zero-order valence-corrected chi connectivity index (χ0v) is 31.3. The van der Waals surface area contributed by atoms with Crippen molar-refractivity contribution in [2.75, 3.05) is 10.6 Å². The minimum absolute atomic E-state index is 0.431. The van der Waals surface area contributed by atoms with Crippen LogP contribution in [0.25, 0.3) is 60.5 Å². The molecule has 4 heteroatoms. The number of rotatable bonds is 9. The number of anilines is 4. The van der Waals surface area contributed by atoms with Gasteiger partial charge in [0, 0.05) is 38.8 Å². The molecule has 10 rings (SSSR count). The molecular weight excluding hydrogens is 695 g/mol. The molecule has 0 saturated heterocycles. The molecule has 0 atom stereocenters. The lowest BCUT2D eigenvalue weighted by atomic mass is 9.96. The second-order valence-corrected chi connectivity index (χ2v) is 14.3. The van der Waals surface area contributed by atoms with Crippen LogP contribution in [-0.4, -0.2) is 4.57 Å². The van der Waals surface area contributed by atoms with Crippen LogP contribution in [0.2, 0.25) is 0 Å². The lowest BCUT2D eigenvalue weighted by molar-refractivity contribution is 0.312. The Hall–Kier alpha value is -7.56. The maximum absolute atomic E-state index is 6.63. The number of nitrogens with two attached hydrogens (primary N) is 1. The van der Waals surface area contributed by atoms with Crippen molar-refractivity contribution < 1.29 is 4.74 Å². The van der Waals surface area contributed by atoms with Gasteiger partial charge in [-0.25, -0.2) is 0 Å². The molecule has 0 bridgehead atoms. The lowest BCUT2D eigenvalue weighted by Gasteiger charge is -2.28. The third-order valence-electron chi connectivity index (χ3n) is 10.9. The Bertz CT molecular complexity index is 3010. The van der Waals surface area contributed by atoms with Crippen molar-refractivity contribution in [1.29, 1.82) is 0 Å². The van der Waals surface area contributed by atoms with Crippen molar-refractivity contribution in [2.24, 2.45) is 0 Å². The Morgan fingerprint density at radius 1 is 0.474 bits per heavy atom. The summed E-state index contributed by atoms with van der Waals surface area (Å²) in [6.45, 7) is 0.431. The standard InChI is InChI=1S/C53H39N3O/c54-48-34-29-40-19-14-24-45(52(40)53(48)57-36-37-15-4-1-5-16-37)39-27-30-42(31-28-39)55(49-25-12-10-22-44(49)38-17-6-2-7-18-38)43-32-33-47-46-23-11-13-26-50(46)56(51(47)35-43)41-20-8-3-9-21-41/h1-35H,36,54H2. The minimum atomic E-state index is 0.431. The average molecular weight is 734 g/mol. The molecular formula is C53H39N3O. The predicted molar refractivity (Wildman–Crippen MR) is 239 cm³/mol. The first-order valence-corrected chi connectivity index (χ1v) is 19.3. The van der Waals surface area contributed by atoms with E-state index in [2.05, 4.69) is 198 Å². The predicted octanol–water partition coefficient (Wildman–Crippen LogP) is 13.9. The monoisotopic (exact) mass is 733 g/mol. The average Bonchev–Trinajstić information content (AvgIpc) is 3.61. The van der Waals surface area contributed by atoms with Gasteiger partial charge in [-0.2, -0.15) is 0 Å². The van der Waals surface area contributed by atoms with Crippen molar-refractivity contribution in [1.82, 2.24) is 4.57 Å². The third-order valence-corrected chi connectivity index (χ3v) is 10.9. The third kappa shape index (κ3) is 6.24. The van der Waals surface area contributed by atoms with E-state index in [4.69, 9.17) is 10.5 Å². The van der Waals surface area contributed by atoms with Gasteiger partial charge in [0.25, 0.3) is 0 Å². The Labute approximate surface area is 332 Å². The van der Waals surface area contributed by atoms with Crippen LogP contribution in [-0.2, 0) is 6.61 Å². The molecule has 1 aromatic heterocycles. The van der Waals surface area contributed by atoms with Gasteiger partial charge in [0.2, 0.25) is 0 Å². The molecule has 0 radical (unpaired) electrons. The van der Waals surface area contributed by atoms with E-state index in [1.165, 1.54) is 16.3 Å². The topological polar surface area (TPSA) is 43.4 Å². The van der Waals surface area contributed by atoms with Gasteiger partial charge in [0.15, 0.2) is 5.75 Å². The summed E-state index contributed by atoms with van der Waals surface area (Å²) in [5, 5.41) is 4.53. The van der Waals surface area contributed by atoms with Crippen molar-refractivity contribution in [3.05, 3.63) is 218 Å². The molecule has 0 saturated carbocycles. The normalized spacial score (nSPS) is 11.3. The van der Waals surface area contributed by atoms with E-state index in [1.807, 2.05) is 24.3 Å². The number of hydrogen-bond acceptors (Lipinski definition) is 3. The zero-order valence-electron chi connectivity index (χ0n) is 31.3. The molecule has 0 unspecified atom stereocenters. The highest BCUT2D eigenvalue weighted by Crippen LogP contribution is 2.45. The SMILES string of the molecule is Nc1ccc2cccc(-c3ccc(N(c4ccc5c6ccccc6n(-c6ccccc6)c5c4)c4ccccc4-c4ccccc4)cc3)c2c1OCc1ccccc1. The first kappa shape index (κ1) is 34.0. The van der Waals surface area contributed by atoms with Gasteiger partial charge in [0.1, 0.15) is 6.61 Å². The van der Waals surface area contributed by atoms with Crippen molar-refractivity contribution in [2.45, 2.75) is 6.61 Å². The highest BCUT2D eigenvalue weighted by atomic mass is 16.5. The molecule has 57 heavy (non-hydrogen) atoms. The van der Waals surface area contributed by atoms with E-state index >= 15 is 0 Å². The smallest absolute Gasteiger partial charge is 0.151 e. The summed E-state index contributed by atoms with van der Waals surface area (Å²) < 4.78 is 8.87. The molecule has 1 heterocycles. The fraction of sp³-hybridized carbons (Fsp3) is 0.0189. The highest BCUT2D eigenvalue weighted by molar-refractivity contribution is 6.10. The molecule has 10 aromatic rings. The van der Waals surface area contributed by atoms with E-state index in [-0.39, 0.29) is 0 Å². The number of ether oxygens (including phenoxy) is 1. The molecule has 0 aliphatic rings. The highest BCUT2D eigenvalue weighted by Gasteiger charge is 2.21. The number of para-hydroxylation sites is 3. The van der Waals surface area contributed by atoms with Crippen molar-refractivity contribution in [3.8, 4) is 33.7 Å². The van der Waals surface area contributed by atoms with Gasteiger partial charge in [-0.3, -0.25) is 0 Å². The zero-order chi connectivity index (χ0) is 38.1. The first-order chi connectivity index (χ1) is 28.2. The summed E-state index contributed by atoms with van der Waals surface area (Å²) in [5.41, 5.74) is 19.5. The Morgan fingerprint density at radius 2 is 1.11 bits per heavy atom. The second kappa shape index (κ2) is 14.6. The maximum Gasteiger partial charge on any atom is 0.151 e. The van der Waals surface area contributed by atoms with Crippen LogP contribution in [0.5, 0.6) is 5.75 Å². The van der Waals surface area contributed by atoms with Gasteiger partial charge in [-0.15, -0.1) is 0 Å². The number of nitrogen functional groups attached to an aromatic ring is 1. The van der Waals surface area contributed by atoms with Crippen LogP contribution in [0.15, 0.2) is 212 Å². The maximum atomic E-state index is 6.63. The van der Waals surface area contributed by atoms with Gasteiger partial charge in [-0.1, -0.05) is 158 Å². The molecule has 9 aromatic carbocycles. The fourth-order valence-corrected chi connectivity index (χ4v) is 8.19. The number of nitrogens with zero attached hydrogens (tertiary/aromatic N) is 2. The van der Waals surface area contributed by atoms with Crippen LogP contribution in [0.4, 0.5) is 22.7 Å². The molecule has 4 nitrogen and oxygen atoms in total. The Balaban J connectivity index is 1.14. The van der Waals surface area contributed by atoms with E-state index in [0.717, 1.165) is 66.9 Å². The van der Waals surface area contributed by atoms with Crippen LogP contribution >= 0.6 is 0 Å². The molecule has 0 amide bonds. The van der Waals surface area contributed by atoms with E-state index < -0.39 is 0 Å². The summed E-state index contributed by atoms with van der Waals surface area (Å²) >= 11 is 0. The first-order valence-electron chi connectivity index (χ1n) is 19.3. The van der Waals surface area contributed by atoms with Crippen LogP contribution in [0.3, 0.4) is 0 Å². The summed E-state index contributed by atoms with van der Waals surface area (Å²) in [7, 11) is 0. The quantitative estimate of drug-likeness (QED) is 0.150. The van der Waals surface area contributed by atoms with Gasteiger partial charge < -0.3 is 19.9 Å². The van der Waals surface area contributed by atoms with Gasteiger partial charge in [0.05, 0.1) is 22.4 Å². The summed E-state index contributed by atoms with van der Waals surface area (Å²) in [6, 6.07) is 75.0. The van der Waals surface area contributed by atoms with Crippen LogP contribution in [0.1, 0.15) is 5.56 Å². The van der Waals surface area contributed by atoms with Crippen molar-refractivity contribution in [3.63, 3.8) is 0 Å². The minimum Gasteiger partial charge on any atom is -0.486 e. The summed E-state index contributed by atoms with van der Waals surface area (Å²) in [5.74, 6) is 0.705. The van der Waals surface area contributed by atoms with Gasteiger partial charge >= 0.3 is 0 Å². The molecule has 0 aliphatic heterocycles. The number of aromatic nitrogens is 1. The fourth-order valence-electron chi connectivity index (χ4n) is 8.19. The largest absolute Gasteiger partial charge is 0.486 e. The number of hydrogen-bond donors (Lipinski definition) is 1. The Kier molecular flexibility index (Phi) is 8.69. The summed E-state index contributed by atoms with van der Waals surface area (Å²) in [4.78, 5) is 2.38. The molecule has 0 fully saturated rings. The molecule has 0 spiro atoms. The van der Waals surface area contributed by atoms with Gasteiger partial charge in [-0.05, 0) is 82.2 Å². The van der Waals surface area contributed by atoms with E-state index in [1.54, 1.807) is 0 Å². The van der Waals surface area contributed by atoms with E-state index in [0.29, 0.717) is 18.0 Å². The Morgan fingerprint density at radius 3 is 1.91 bits per heavy atom. The van der Waals surface area contributed by atoms with Crippen LogP contribution < -0.4 is 15.4 Å². The van der Waals surface area contributed by atoms with E-state index in [9.17, 15) is 0 Å².